The number of hydroxylamine groups is 2. The number of carbonyl (C=O) groups excluding carboxylic acids is 1. The molecule has 0 spiro atoms. The fraction of sp³-hybridized carbons (Fsp3) is 0.750. The number of hydrogen-bond acceptors (Lipinski definition) is 4. The van der Waals surface area contributed by atoms with Gasteiger partial charge in [0.2, 0.25) is 5.12 Å². The minimum Gasteiger partial charge on any atom is -0.784 e. The first-order valence-electron chi connectivity index (χ1n) is 5.49. The Labute approximate surface area is 102 Å². The quantitative estimate of drug-likeness (QED) is 0.698. The highest BCUT2D eigenvalue weighted by molar-refractivity contribution is 8.14. The van der Waals surface area contributed by atoms with E-state index < -0.39 is 11.1 Å². The Morgan fingerprint density at radius 1 is 1.38 bits per heavy atom. The van der Waals surface area contributed by atoms with Gasteiger partial charge in [0.15, 0.2) is 0 Å². The molecule has 1 heterocycles. The SMILES string of the molecule is C=CC(=O)SC1CC(C)(C)N([O-])C(C)(C)C1. The molecule has 16 heavy (non-hydrogen) atoms. The first kappa shape index (κ1) is 13.7. The Morgan fingerprint density at radius 3 is 2.19 bits per heavy atom. The fourth-order valence-corrected chi connectivity index (χ4v) is 3.87. The lowest BCUT2D eigenvalue weighted by molar-refractivity contribution is -0.107. The zero-order valence-corrected chi connectivity index (χ0v) is 11.3. The van der Waals surface area contributed by atoms with Gasteiger partial charge in [0, 0.05) is 16.3 Å². The minimum atomic E-state index is -0.402. The van der Waals surface area contributed by atoms with Crippen molar-refractivity contribution in [1.82, 2.24) is 5.06 Å². The summed E-state index contributed by atoms with van der Waals surface area (Å²) in [5.41, 5.74) is -0.804. The van der Waals surface area contributed by atoms with Crippen molar-refractivity contribution in [2.45, 2.75) is 56.9 Å². The van der Waals surface area contributed by atoms with E-state index in [-0.39, 0.29) is 10.4 Å². The molecule has 1 aliphatic heterocycles. The molecule has 92 valence electrons. The van der Waals surface area contributed by atoms with E-state index in [4.69, 9.17) is 0 Å². The third kappa shape index (κ3) is 2.87. The third-order valence-corrected chi connectivity index (χ3v) is 4.07. The molecule has 4 heteroatoms. The average molecular weight is 242 g/mol. The molecule has 0 aromatic carbocycles. The molecule has 0 saturated carbocycles. The van der Waals surface area contributed by atoms with Crippen molar-refractivity contribution in [2.24, 2.45) is 0 Å². The van der Waals surface area contributed by atoms with Gasteiger partial charge in [-0.25, -0.2) is 0 Å². The lowest BCUT2D eigenvalue weighted by atomic mass is 9.82. The largest absolute Gasteiger partial charge is 0.784 e. The van der Waals surface area contributed by atoms with Crippen molar-refractivity contribution in [1.29, 1.82) is 0 Å². The second kappa shape index (κ2) is 4.51. The monoisotopic (exact) mass is 242 g/mol. The van der Waals surface area contributed by atoms with Gasteiger partial charge in [0.1, 0.15) is 0 Å². The Hall–Kier alpha value is -0.320. The van der Waals surface area contributed by atoms with E-state index in [0.717, 1.165) is 12.8 Å². The number of piperidine rings is 1. The summed E-state index contributed by atoms with van der Waals surface area (Å²) >= 11 is 1.30. The molecule has 0 aromatic heterocycles. The van der Waals surface area contributed by atoms with Gasteiger partial charge in [0.25, 0.3) is 0 Å². The van der Waals surface area contributed by atoms with Crippen LogP contribution in [0, 0.1) is 5.21 Å². The van der Waals surface area contributed by atoms with Crippen LogP contribution in [0.5, 0.6) is 0 Å². The number of thioether (sulfide) groups is 1. The topological polar surface area (TPSA) is 43.4 Å². The Bertz CT molecular complexity index is 281. The Morgan fingerprint density at radius 2 is 1.81 bits per heavy atom. The summed E-state index contributed by atoms with van der Waals surface area (Å²) < 4.78 is 0. The molecule has 0 N–H and O–H groups in total. The highest BCUT2D eigenvalue weighted by Crippen LogP contribution is 2.42. The van der Waals surface area contributed by atoms with E-state index in [9.17, 15) is 10.0 Å². The van der Waals surface area contributed by atoms with Gasteiger partial charge in [-0.3, -0.25) is 4.79 Å². The summed E-state index contributed by atoms with van der Waals surface area (Å²) in [7, 11) is 0. The van der Waals surface area contributed by atoms with Crippen molar-refractivity contribution in [3.8, 4) is 0 Å². The zero-order valence-electron chi connectivity index (χ0n) is 10.4. The highest BCUT2D eigenvalue weighted by Gasteiger charge is 2.40. The molecule has 0 aromatic rings. The van der Waals surface area contributed by atoms with Crippen LogP contribution in [-0.4, -0.2) is 26.5 Å². The first-order chi connectivity index (χ1) is 7.19. The third-order valence-electron chi connectivity index (χ3n) is 3.00. The van der Waals surface area contributed by atoms with Crippen LogP contribution in [0.2, 0.25) is 0 Å². The van der Waals surface area contributed by atoms with Gasteiger partial charge in [-0.05, 0) is 46.6 Å². The zero-order chi connectivity index (χ0) is 12.6. The molecule has 0 aliphatic carbocycles. The van der Waals surface area contributed by atoms with Crippen LogP contribution >= 0.6 is 11.8 Å². The molecule has 0 radical (unpaired) electrons. The van der Waals surface area contributed by atoms with E-state index in [2.05, 4.69) is 6.58 Å². The molecule has 1 rings (SSSR count). The number of rotatable bonds is 2. The van der Waals surface area contributed by atoms with Crippen LogP contribution in [0.3, 0.4) is 0 Å². The number of carbonyl (C=O) groups is 1. The van der Waals surface area contributed by atoms with E-state index in [1.54, 1.807) is 0 Å². The smallest absolute Gasteiger partial charge is 0.211 e. The summed E-state index contributed by atoms with van der Waals surface area (Å²) in [5.74, 6) is 0. The van der Waals surface area contributed by atoms with Gasteiger partial charge < -0.3 is 10.3 Å². The van der Waals surface area contributed by atoms with Crippen LogP contribution < -0.4 is 0 Å². The summed E-state index contributed by atoms with van der Waals surface area (Å²) in [6.45, 7) is 11.2. The van der Waals surface area contributed by atoms with Gasteiger partial charge in [-0.1, -0.05) is 18.3 Å². The molecule has 1 fully saturated rings. The second-order valence-electron chi connectivity index (χ2n) is 5.59. The predicted molar refractivity (Wildman–Crippen MR) is 69.2 cm³/mol. The van der Waals surface area contributed by atoms with Gasteiger partial charge in [-0.15, -0.1) is 0 Å². The van der Waals surface area contributed by atoms with Crippen LogP contribution in [0.25, 0.3) is 0 Å². The summed E-state index contributed by atoms with van der Waals surface area (Å²) in [5, 5.41) is 13.5. The molecular weight excluding hydrogens is 222 g/mol. The summed E-state index contributed by atoms with van der Waals surface area (Å²) in [4.78, 5) is 11.3. The number of nitrogens with zero attached hydrogens (tertiary/aromatic N) is 1. The maximum absolute atomic E-state index is 12.1. The number of hydrogen-bond donors (Lipinski definition) is 0. The average Bonchev–Trinajstić information content (AvgIpc) is 2.13. The van der Waals surface area contributed by atoms with E-state index >= 15 is 0 Å². The van der Waals surface area contributed by atoms with E-state index in [1.807, 2.05) is 27.7 Å². The molecule has 3 nitrogen and oxygen atoms in total. The van der Waals surface area contributed by atoms with Gasteiger partial charge in [0.05, 0.1) is 0 Å². The molecule has 1 saturated heterocycles. The molecule has 0 bridgehead atoms. The summed E-state index contributed by atoms with van der Waals surface area (Å²) in [6, 6.07) is 0. The standard InChI is InChI=1S/C12H20NO2S/c1-6-10(14)16-9-7-11(2,3)13(15)12(4,5)8-9/h6,9H,1,7-8H2,2-5H3/q-1. The predicted octanol–water partition coefficient (Wildman–Crippen LogP) is 2.95. The van der Waals surface area contributed by atoms with Crippen molar-refractivity contribution in [3.05, 3.63) is 17.9 Å². The van der Waals surface area contributed by atoms with Crippen LogP contribution in [0.1, 0.15) is 40.5 Å². The molecule has 0 unspecified atom stereocenters. The van der Waals surface area contributed by atoms with Gasteiger partial charge in [-0.2, -0.15) is 0 Å². The summed E-state index contributed by atoms with van der Waals surface area (Å²) in [6.07, 6.45) is 2.82. The molecule has 1 aliphatic rings. The Kier molecular flexibility index (Phi) is 3.87. The first-order valence-corrected chi connectivity index (χ1v) is 6.37. The minimum absolute atomic E-state index is 0.00375. The maximum atomic E-state index is 12.1. The van der Waals surface area contributed by atoms with Crippen LogP contribution in [-0.2, 0) is 4.79 Å². The molecular formula is C12H20NO2S-. The molecule has 0 amide bonds. The van der Waals surface area contributed by atoms with E-state index in [0.29, 0.717) is 0 Å². The highest BCUT2D eigenvalue weighted by atomic mass is 32.2. The second-order valence-corrected chi connectivity index (χ2v) is 6.90. The van der Waals surface area contributed by atoms with Crippen molar-refractivity contribution < 1.29 is 4.79 Å². The van der Waals surface area contributed by atoms with Crippen LogP contribution in [0.15, 0.2) is 12.7 Å². The lowest BCUT2D eigenvalue weighted by Crippen LogP contribution is -2.58. The maximum Gasteiger partial charge on any atom is 0.211 e. The fourth-order valence-electron chi connectivity index (χ4n) is 2.47. The lowest BCUT2D eigenvalue weighted by Gasteiger charge is -2.59. The Balaban J connectivity index is 2.78. The van der Waals surface area contributed by atoms with Crippen molar-refractivity contribution in [3.63, 3.8) is 0 Å². The van der Waals surface area contributed by atoms with Gasteiger partial charge >= 0.3 is 0 Å². The normalized spacial score (nSPS) is 25.3. The van der Waals surface area contributed by atoms with E-state index in [1.165, 1.54) is 22.9 Å². The van der Waals surface area contributed by atoms with Crippen LogP contribution in [0.4, 0.5) is 0 Å². The van der Waals surface area contributed by atoms with Crippen molar-refractivity contribution in [2.75, 3.05) is 0 Å². The molecule has 0 atom stereocenters. The van der Waals surface area contributed by atoms with Crippen molar-refractivity contribution >= 4 is 16.9 Å².